The topological polar surface area (TPSA) is 63.3 Å². The molecule has 1 aromatic carbocycles. The monoisotopic (exact) mass is 273 g/mol. The van der Waals surface area contributed by atoms with Crippen molar-refractivity contribution < 1.29 is 23.1 Å². The van der Waals surface area contributed by atoms with Crippen LogP contribution in [0.25, 0.3) is 0 Å². The largest absolute Gasteiger partial charge is 0.481 e. The molecule has 1 aliphatic rings. The quantitative estimate of drug-likeness (QED) is 0.814. The first-order valence-corrected chi connectivity index (χ1v) is 5.94. The van der Waals surface area contributed by atoms with Gasteiger partial charge in [0.1, 0.15) is 5.82 Å². The number of hydrogen-bond acceptors (Lipinski definition) is 2. The number of carbonyl (C=O) groups is 1. The fourth-order valence-corrected chi connectivity index (χ4v) is 2.58. The van der Waals surface area contributed by atoms with E-state index in [2.05, 4.69) is 0 Å². The van der Waals surface area contributed by atoms with E-state index in [1.54, 1.807) is 0 Å². The molecule has 19 heavy (non-hydrogen) atoms. The molecule has 0 radical (unpaired) electrons. The van der Waals surface area contributed by atoms with Crippen molar-refractivity contribution in [3.8, 4) is 0 Å². The lowest BCUT2D eigenvalue weighted by Gasteiger charge is -2.37. The Hall–Kier alpha value is -1.72. The van der Waals surface area contributed by atoms with Crippen LogP contribution in [0.2, 0.25) is 0 Å². The molecular formula is C13H14F3NO2. The van der Waals surface area contributed by atoms with Gasteiger partial charge in [-0.3, -0.25) is 4.79 Å². The van der Waals surface area contributed by atoms with Crippen molar-refractivity contribution in [2.75, 3.05) is 5.73 Å². The second-order valence-electron chi connectivity index (χ2n) is 4.97. The van der Waals surface area contributed by atoms with E-state index in [4.69, 9.17) is 5.73 Å². The maximum absolute atomic E-state index is 13.3. The van der Waals surface area contributed by atoms with Gasteiger partial charge in [-0.15, -0.1) is 0 Å². The molecule has 3 nitrogen and oxygen atoms in total. The number of halogens is 3. The minimum absolute atomic E-state index is 0.0931. The lowest BCUT2D eigenvalue weighted by Crippen LogP contribution is -2.43. The third-order valence-electron chi connectivity index (χ3n) is 3.78. The molecule has 1 fully saturated rings. The second kappa shape index (κ2) is 4.43. The Morgan fingerprint density at radius 3 is 2.32 bits per heavy atom. The maximum Gasteiger partial charge on any atom is 0.314 e. The zero-order valence-electron chi connectivity index (χ0n) is 10.1. The maximum atomic E-state index is 13.3. The Morgan fingerprint density at radius 1 is 1.21 bits per heavy atom. The van der Waals surface area contributed by atoms with Gasteiger partial charge in [-0.1, -0.05) is 0 Å². The SMILES string of the molecule is Nc1ccc(F)cc1C1(C(=O)O)CCC(F)(F)CC1. The summed E-state index contributed by atoms with van der Waals surface area (Å²) in [6.45, 7) is 0. The summed E-state index contributed by atoms with van der Waals surface area (Å²) >= 11 is 0. The molecule has 2 rings (SSSR count). The van der Waals surface area contributed by atoms with Gasteiger partial charge in [0.2, 0.25) is 5.92 Å². The third kappa shape index (κ3) is 2.39. The van der Waals surface area contributed by atoms with E-state index in [-0.39, 0.29) is 24.1 Å². The number of nitrogen functional groups attached to an aromatic ring is 1. The molecule has 1 saturated carbocycles. The number of alkyl halides is 2. The number of carboxylic acids is 1. The molecule has 0 heterocycles. The molecule has 3 N–H and O–H groups in total. The van der Waals surface area contributed by atoms with E-state index in [0.717, 1.165) is 12.1 Å². The highest BCUT2D eigenvalue weighted by molar-refractivity contribution is 5.84. The summed E-state index contributed by atoms with van der Waals surface area (Å²) in [5.41, 5.74) is 4.39. The van der Waals surface area contributed by atoms with E-state index < -0.39 is 36.0 Å². The summed E-state index contributed by atoms with van der Waals surface area (Å²) < 4.78 is 39.7. The van der Waals surface area contributed by atoms with Crippen LogP contribution in [0.1, 0.15) is 31.2 Å². The minimum atomic E-state index is -2.86. The zero-order valence-corrected chi connectivity index (χ0v) is 10.1. The number of hydrogen-bond donors (Lipinski definition) is 2. The number of carboxylic acid groups (broad SMARTS) is 1. The van der Waals surface area contributed by atoms with Crippen LogP contribution in [0.5, 0.6) is 0 Å². The first-order chi connectivity index (χ1) is 8.77. The summed E-state index contributed by atoms with van der Waals surface area (Å²) in [5.74, 6) is -4.72. The number of benzene rings is 1. The van der Waals surface area contributed by atoms with Gasteiger partial charge in [0.15, 0.2) is 0 Å². The molecule has 6 heteroatoms. The predicted molar refractivity (Wildman–Crippen MR) is 63.5 cm³/mol. The van der Waals surface area contributed by atoms with Gasteiger partial charge in [0, 0.05) is 18.5 Å². The standard InChI is InChI=1S/C13H14F3NO2/c14-8-1-2-10(17)9(7-8)12(11(18)19)3-5-13(15,16)6-4-12/h1-2,7H,3-6,17H2,(H,18,19). The Kier molecular flexibility index (Phi) is 3.20. The van der Waals surface area contributed by atoms with Crippen molar-refractivity contribution >= 4 is 11.7 Å². The number of rotatable bonds is 2. The fourth-order valence-electron chi connectivity index (χ4n) is 2.58. The van der Waals surface area contributed by atoms with Crippen molar-refractivity contribution in [2.45, 2.75) is 37.0 Å². The summed E-state index contributed by atoms with van der Waals surface area (Å²) in [4.78, 5) is 11.5. The van der Waals surface area contributed by atoms with E-state index in [1.165, 1.54) is 6.07 Å². The van der Waals surface area contributed by atoms with Crippen LogP contribution < -0.4 is 5.73 Å². The zero-order chi connectivity index (χ0) is 14.3. The fraction of sp³-hybridized carbons (Fsp3) is 0.462. The molecule has 0 bridgehead atoms. The van der Waals surface area contributed by atoms with Crippen LogP contribution in [0.3, 0.4) is 0 Å². The van der Waals surface area contributed by atoms with Crippen LogP contribution in [-0.2, 0) is 10.2 Å². The molecular weight excluding hydrogens is 259 g/mol. The Morgan fingerprint density at radius 2 is 1.79 bits per heavy atom. The lowest BCUT2D eigenvalue weighted by atomic mass is 9.68. The first kappa shape index (κ1) is 13.7. The smallest absolute Gasteiger partial charge is 0.314 e. The van der Waals surface area contributed by atoms with Gasteiger partial charge >= 0.3 is 5.97 Å². The summed E-state index contributed by atoms with van der Waals surface area (Å²) in [6, 6.07) is 3.42. The Bertz CT molecular complexity index is 507. The van der Waals surface area contributed by atoms with Gasteiger partial charge in [0.05, 0.1) is 5.41 Å². The average molecular weight is 273 g/mol. The van der Waals surface area contributed by atoms with Crippen LogP contribution >= 0.6 is 0 Å². The highest BCUT2D eigenvalue weighted by Gasteiger charge is 2.49. The van der Waals surface area contributed by atoms with Crippen LogP contribution in [0, 0.1) is 5.82 Å². The summed E-state index contributed by atoms with van der Waals surface area (Å²) in [6.07, 6.45) is -1.56. The highest BCUT2D eigenvalue weighted by Crippen LogP contribution is 2.47. The van der Waals surface area contributed by atoms with Gasteiger partial charge in [0.25, 0.3) is 0 Å². The van der Waals surface area contributed by atoms with E-state index >= 15 is 0 Å². The lowest BCUT2D eigenvalue weighted by molar-refractivity contribution is -0.149. The Labute approximate surface area is 108 Å². The van der Waals surface area contributed by atoms with E-state index in [1.807, 2.05) is 0 Å². The predicted octanol–water partition coefficient (Wildman–Crippen LogP) is 2.94. The Balaban J connectivity index is 2.47. The molecule has 1 aliphatic carbocycles. The molecule has 0 amide bonds. The molecule has 0 saturated heterocycles. The van der Waals surface area contributed by atoms with Crippen molar-refractivity contribution in [3.63, 3.8) is 0 Å². The van der Waals surface area contributed by atoms with Gasteiger partial charge in [-0.05, 0) is 36.6 Å². The minimum Gasteiger partial charge on any atom is -0.481 e. The van der Waals surface area contributed by atoms with Crippen molar-refractivity contribution in [2.24, 2.45) is 0 Å². The van der Waals surface area contributed by atoms with Crippen LogP contribution in [0.15, 0.2) is 18.2 Å². The molecule has 0 aromatic heterocycles. The van der Waals surface area contributed by atoms with Gasteiger partial charge < -0.3 is 10.8 Å². The molecule has 1 aromatic rings. The van der Waals surface area contributed by atoms with Crippen LogP contribution in [-0.4, -0.2) is 17.0 Å². The number of nitrogens with two attached hydrogens (primary N) is 1. The summed E-state index contributed by atoms with van der Waals surface area (Å²) in [5, 5.41) is 9.40. The molecule has 0 atom stereocenters. The third-order valence-corrected chi connectivity index (χ3v) is 3.78. The molecule has 0 spiro atoms. The molecule has 0 aliphatic heterocycles. The second-order valence-corrected chi connectivity index (χ2v) is 4.97. The van der Waals surface area contributed by atoms with Crippen molar-refractivity contribution in [3.05, 3.63) is 29.6 Å². The van der Waals surface area contributed by atoms with Crippen molar-refractivity contribution in [1.29, 1.82) is 0 Å². The number of aliphatic carboxylic acids is 1. The van der Waals surface area contributed by atoms with Crippen molar-refractivity contribution in [1.82, 2.24) is 0 Å². The van der Waals surface area contributed by atoms with Gasteiger partial charge in [-0.25, -0.2) is 13.2 Å². The highest BCUT2D eigenvalue weighted by atomic mass is 19.3. The first-order valence-electron chi connectivity index (χ1n) is 5.94. The van der Waals surface area contributed by atoms with Crippen LogP contribution in [0.4, 0.5) is 18.9 Å². The van der Waals surface area contributed by atoms with Gasteiger partial charge in [-0.2, -0.15) is 0 Å². The van der Waals surface area contributed by atoms with E-state index in [9.17, 15) is 23.1 Å². The summed E-state index contributed by atoms with van der Waals surface area (Å²) in [7, 11) is 0. The van der Waals surface area contributed by atoms with E-state index in [0.29, 0.717) is 0 Å². The molecule has 104 valence electrons. The normalized spacial score (nSPS) is 21.0. The number of anilines is 1. The average Bonchev–Trinajstić information content (AvgIpc) is 2.33. The molecule has 0 unspecified atom stereocenters.